The number of oxazole rings is 1. The van der Waals surface area contributed by atoms with Gasteiger partial charge in [0.1, 0.15) is 5.76 Å². The highest BCUT2D eigenvalue weighted by Crippen LogP contribution is 2.27. The number of hydrogen-bond donors (Lipinski definition) is 0. The van der Waals surface area contributed by atoms with Crippen molar-refractivity contribution in [3.63, 3.8) is 0 Å². The second-order valence-electron chi connectivity index (χ2n) is 8.00. The number of carbonyl (C=O) groups is 1. The van der Waals surface area contributed by atoms with Crippen molar-refractivity contribution in [3.05, 3.63) is 83.8 Å². The Hall–Kier alpha value is -2.99. The van der Waals surface area contributed by atoms with Gasteiger partial charge in [-0.2, -0.15) is 0 Å². The Morgan fingerprint density at radius 2 is 2.00 bits per heavy atom. The van der Waals surface area contributed by atoms with Gasteiger partial charge < -0.3 is 9.32 Å². The first-order chi connectivity index (χ1) is 14.7. The van der Waals surface area contributed by atoms with E-state index in [9.17, 15) is 4.79 Å². The van der Waals surface area contributed by atoms with Gasteiger partial charge in [0.05, 0.1) is 24.4 Å². The fourth-order valence-corrected chi connectivity index (χ4v) is 3.95. The predicted molar refractivity (Wildman–Crippen MR) is 115 cm³/mol. The summed E-state index contributed by atoms with van der Waals surface area (Å²) >= 11 is 0. The average molecular weight is 405 g/mol. The lowest BCUT2D eigenvalue weighted by Crippen LogP contribution is -2.43. The van der Waals surface area contributed by atoms with Crippen LogP contribution in [0.1, 0.15) is 41.7 Å². The van der Waals surface area contributed by atoms with Crippen LogP contribution < -0.4 is 0 Å². The van der Waals surface area contributed by atoms with E-state index in [1.165, 1.54) is 5.56 Å². The maximum atomic E-state index is 12.8. The van der Waals surface area contributed by atoms with Crippen LogP contribution in [0.5, 0.6) is 0 Å². The highest BCUT2D eigenvalue weighted by Gasteiger charge is 2.28. The van der Waals surface area contributed by atoms with E-state index >= 15 is 0 Å². The molecule has 0 unspecified atom stereocenters. The van der Waals surface area contributed by atoms with Crippen molar-refractivity contribution in [2.75, 3.05) is 26.7 Å². The molecular formula is C24H28N4O2. The van der Waals surface area contributed by atoms with Gasteiger partial charge in [-0.15, -0.1) is 0 Å². The largest absolute Gasteiger partial charge is 0.445 e. The fraction of sp³-hybridized carbons (Fsp3) is 0.375. The summed E-state index contributed by atoms with van der Waals surface area (Å²) in [7, 11) is 1.96. The number of hydrogen-bond acceptors (Lipinski definition) is 5. The maximum Gasteiger partial charge on any atom is 0.236 e. The Labute approximate surface area is 177 Å². The van der Waals surface area contributed by atoms with Crippen LogP contribution in [-0.4, -0.2) is 52.4 Å². The van der Waals surface area contributed by atoms with Gasteiger partial charge in [0.2, 0.25) is 5.91 Å². The van der Waals surface area contributed by atoms with Gasteiger partial charge in [-0.3, -0.25) is 14.7 Å². The third kappa shape index (κ3) is 5.33. The van der Waals surface area contributed by atoms with Gasteiger partial charge in [0.15, 0.2) is 5.89 Å². The molecule has 0 radical (unpaired) electrons. The third-order valence-corrected chi connectivity index (χ3v) is 5.48. The van der Waals surface area contributed by atoms with Crippen molar-refractivity contribution in [1.82, 2.24) is 19.8 Å². The summed E-state index contributed by atoms with van der Waals surface area (Å²) in [6.07, 6.45) is 6.31. The lowest BCUT2D eigenvalue weighted by atomic mass is 9.98. The van der Waals surface area contributed by atoms with E-state index < -0.39 is 0 Å². The highest BCUT2D eigenvalue weighted by atomic mass is 16.4. The van der Waals surface area contributed by atoms with Crippen LogP contribution in [0.2, 0.25) is 0 Å². The van der Waals surface area contributed by atoms with E-state index in [-0.39, 0.29) is 11.8 Å². The third-order valence-electron chi connectivity index (χ3n) is 5.48. The zero-order valence-corrected chi connectivity index (χ0v) is 17.4. The molecule has 1 aromatic carbocycles. The molecule has 3 heterocycles. The van der Waals surface area contributed by atoms with Gasteiger partial charge in [-0.1, -0.05) is 36.4 Å². The molecule has 2 aromatic heterocycles. The Bertz CT molecular complexity index is 942. The molecule has 6 heteroatoms. The minimum absolute atomic E-state index is 0.147. The van der Waals surface area contributed by atoms with Gasteiger partial charge in [0.25, 0.3) is 0 Å². The number of pyridine rings is 1. The summed E-state index contributed by atoms with van der Waals surface area (Å²) in [5.74, 6) is 1.93. The number of aromatic nitrogens is 2. The van der Waals surface area contributed by atoms with Gasteiger partial charge in [-0.05, 0) is 37.6 Å². The number of nitrogens with zero attached hydrogens (tertiary/aromatic N) is 4. The Balaban J connectivity index is 1.32. The van der Waals surface area contributed by atoms with Gasteiger partial charge in [0, 0.05) is 32.3 Å². The predicted octanol–water partition coefficient (Wildman–Crippen LogP) is 3.50. The van der Waals surface area contributed by atoms with E-state index in [1.807, 2.05) is 59.4 Å². The number of benzene rings is 1. The van der Waals surface area contributed by atoms with Gasteiger partial charge >= 0.3 is 0 Å². The molecule has 6 nitrogen and oxygen atoms in total. The second kappa shape index (κ2) is 9.67. The minimum atomic E-state index is 0.147. The van der Waals surface area contributed by atoms with Crippen LogP contribution in [0.4, 0.5) is 0 Å². The van der Waals surface area contributed by atoms with Crippen LogP contribution in [-0.2, 0) is 17.8 Å². The van der Waals surface area contributed by atoms with Crippen LogP contribution in [0.15, 0.2) is 65.3 Å². The Morgan fingerprint density at radius 3 is 2.80 bits per heavy atom. The summed E-state index contributed by atoms with van der Waals surface area (Å²) in [5.41, 5.74) is 2.17. The van der Waals surface area contributed by atoms with Crippen LogP contribution in [0, 0.1) is 0 Å². The molecule has 1 atom stereocenters. The lowest BCUT2D eigenvalue weighted by molar-refractivity contribution is -0.133. The van der Waals surface area contributed by atoms with E-state index in [4.69, 9.17) is 4.42 Å². The molecule has 0 bridgehead atoms. The molecule has 156 valence electrons. The molecule has 1 saturated heterocycles. The van der Waals surface area contributed by atoms with E-state index in [2.05, 4.69) is 22.1 Å². The molecule has 1 amide bonds. The number of carbonyl (C=O) groups excluding carboxylic acids is 1. The molecule has 1 aliphatic heterocycles. The first-order valence-electron chi connectivity index (χ1n) is 10.5. The summed E-state index contributed by atoms with van der Waals surface area (Å²) in [4.78, 5) is 25.7. The van der Waals surface area contributed by atoms with E-state index in [0.717, 1.165) is 43.2 Å². The van der Waals surface area contributed by atoms with Crippen molar-refractivity contribution >= 4 is 5.91 Å². The number of likely N-dealkylation sites (tertiary alicyclic amines) is 1. The number of piperidine rings is 1. The molecule has 0 N–H and O–H groups in total. The molecule has 1 fully saturated rings. The molecule has 30 heavy (non-hydrogen) atoms. The topological polar surface area (TPSA) is 62.5 Å². The molecular weight excluding hydrogens is 376 g/mol. The normalized spacial score (nSPS) is 16.7. The maximum absolute atomic E-state index is 12.8. The monoisotopic (exact) mass is 404 g/mol. The average Bonchev–Trinajstić information content (AvgIpc) is 3.24. The van der Waals surface area contributed by atoms with E-state index in [1.54, 1.807) is 6.20 Å². The fourth-order valence-electron chi connectivity index (χ4n) is 3.95. The quantitative estimate of drug-likeness (QED) is 0.603. The standard InChI is InChI=1S/C24H28N4O2/c1-27(17-21-11-5-6-12-25-21)18-23(29)28-13-7-10-20(16-28)24-26-15-22(30-24)14-19-8-3-2-4-9-19/h2-6,8-9,11-12,15,20H,7,10,13-14,16-18H2,1H3/t20-/m1/s1. The first-order valence-corrected chi connectivity index (χ1v) is 10.5. The van der Waals surface area contributed by atoms with Crippen molar-refractivity contribution in [2.45, 2.75) is 31.7 Å². The summed E-state index contributed by atoms with van der Waals surface area (Å²) in [6, 6.07) is 16.1. The van der Waals surface area contributed by atoms with Gasteiger partial charge in [-0.25, -0.2) is 4.98 Å². The molecule has 4 rings (SSSR count). The van der Waals surface area contributed by atoms with Crippen molar-refractivity contribution in [3.8, 4) is 0 Å². The SMILES string of the molecule is CN(CC(=O)N1CCC[C@@H](c2ncc(Cc3ccccc3)o2)C1)Cc1ccccn1. The smallest absolute Gasteiger partial charge is 0.236 e. The van der Waals surface area contributed by atoms with Crippen LogP contribution in [0.3, 0.4) is 0 Å². The van der Waals surface area contributed by atoms with Crippen LogP contribution >= 0.6 is 0 Å². The summed E-state index contributed by atoms with van der Waals surface area (Å²) < 4.78 is 6.05. The van der Waals surface area contributed by atoms with Crippen molar-refractivity contribution < 1.29 is 9.21 Å². The molecule has 0 saturated carbocycles. The Kier molecular flexibility index (Phi) is 6.54. The molecule has 0 aliphatic carbocycles. The lowest BCUT2D eigenvalue weighted by Gasteiger charge is -2.32. The second-order valence-corrected chi connectivity index (χ2v) is 8.00. The highest BCUT2D eigenvalue weighted by molar-refractivity contribution is 5.78. The van der Waals surface area contributed by atoms with E-state index in [0.29, 0.717) is 19.6 Å². The molecule has 3 aromatic rings. The zero-order valence-electron chi connectivity index (χ0n) is 17.4. The molecule has 0 spiro atoms. The number of amides is 1. The van der Waals surface area contributed by atoms with Crippen LogP contribution in [0.25, 0.3) is 0 Å². The zero-order chi connectivity index (χ0) is 20.8. The number of rotatable bonds is 7. The summed E-state index contributed by atoms with van der Waals surface area (Å²) in [6.45, 7) is 2.51. The first kappa shape index (κ1) is 20.3. The van der Waals surface area contributed by atoms with Crippen molar-refractivity contribution in [1.29, 1.82) is 0 Å². The minimum Gasteiger partial charge on any atom is -0.445 e. The molecule has 1 aliphatic rings. The summed E-state index contributed by atoms with van der Waals surface area (Å²) in [5, 5.41) is 0. The van der Waals surface area contributed by atoms with Crippen molar-refractivity contribution in [2.24, 2.45) is 0 Å². The number of likely N-dealkylation sites (N-methyl/N-ethyl adjacent to an activating group) is 1. The Morgan fingerprint density at radius 1 is 1.17 bits per heavy atom.